The van der Waals surface area contributed by atoms with Gasteiger partial charge in [-0.1, -0.05) is 66.0 Å². The summed E-state index contributed by atoms with van der Waals surface area (Å²) in [5, 5.41) is 10.6. The molecule has 1 spiro atoms. The van der Waals surface area contributed by atoms with Crippen LogP contribution in [0.15, 0.2) is 25.3 Å². The molecule has 40 heavy (non-hydrogen) atoms. The van der Waals surface area contributed by atoms with E-state index in [4.69, 9.17) is 4.74 Å². The molecule has 3 aliphatic rings. The van der Waals surface area contributed by atoms with Gasteiger partial charge in [0.15, 0.2) is 0 Å². The van der Waals surface area contributed by atoms with E-state index < -0.39 is 35.1 Å². The van der Waals surface area contributed by atoms with E-state index in [-0.39, 0.29) is 30.2 Å². The fraction of sp³-hybridized carbons (Fsp3) is 0.781. The lowest BCUT2D eigenvalue weighted by Crippen LogP contribution is -2.60. The van der Waals surface area contributed by atoms with Crippen LogP contribution in [-0.2, 0) is 19.1 Å². The van der Waals surface area contributed by atoms with Gasteiger partial charge < -0.3 is 24.5 Å². The number of rotatable bonds is 17. The summed E-state index contributed by atoms with van der Waals surface area (Å²) in [7, 11) is 0. The lowest BCUT2D eigenvalue weighted by Gasteiger charge is -2.41. The van der Waals surface area contributed by atoms with Crippen LogP contribution in [0.4, 0.5) is 0 Å². The van der Waals surface area contributed by atoms with Gasteiger partial charge in [0.2, 0.25) is 17.7 Å². The zero-order valence-corrected chi connectivity index (χ0v) is 25.6. The molecule has 7 atom stereocenters. The molecule has 3 rings (SSSR count). The molecule has 3 aliphatic heterocycles. The minimum absolute atomic E-state index is 0.0312. The van der Waals surface area contributed by atoms with Crippen LogP contribution < -0.4 is 0 Å². The highest BCUT2D eigenvalue weighted by molar-refractivity contribution is 5.99. The van der Waals surface area contributed by atoms with Gasteiger partial charge in [-0.2, -0.15) is 0 Å². The van der Waals surface area contributed by atoms with E-state index in [0.29, 0.717) is 45.4 Å². The Labute approximate surface area is 241 Å². The van der Waals surface area contributed by atoms with Gasteiger partial charge in [-0.05, 0) is 38.0 Å². The van der Waals surface area contributed by atoms with Crippen molar-refractivity contribution in [2.24, 2.45) is 17.8 Å². The molecular formula is C32H53N3O5. The normalized spacial score (nSPS) is 30.2. The number of ether oxygens (including phenoxy) is 1. The van der Waals surface area contributed by atoms with Crippen molar-refractivity contribution >= 4 is 17.7 Å². The Morgan fingerprint density at radius 1 is 1.05 bits per heavy atom. The average Bonchev–Trinajstić information content (AvgIpc) is 3.56. The van der Waals surface area contributed by atoms with Gasteiger partial charge in [0.25, 0.3) is 0 Å². The number of carbonyl (C=O) groups excluding carboxylic acids is 3. The number of nitrogens with zero attached hydrogens (tertiary/aromatic N) is 3. The highest BCUT2D eigenvalue weighted by Crippen LogP contribution is 2.65. The molecule has 8 heteroatoms. The number of amides is 3. The first-order valence-corrected chi connectivity index (χ1v) is 15.6. The van der Waals surface area contributed by atoms with E-state index in [1.165, 1.54) is 0 Å². The topological polar surface area (TPSA) is 90.4 Å². The summed E-state index contributed by atoms with van der Waals surface area (Å²) in [6.07, 6.45) is 9.62. The van der Waals surface area contributed by atoms with Gasteiger partial charge >= 0.3 is 0 Å². The second-order valence-electron chi connectivity index (χ2n) is 12.1. The van der Waals surface area contributed by atoms with Crippen LogP contribution in [-0.4, -0.2) is 93.6 Å². The van der Waals surface area contributed by atoms with Gasteiger partial charge in [-0.3, -0.25) is 14.4 Å². The van der Waals surface area contributed by atoms with Gasteiger partial charge in [0.05, 0.1) is 30.1 Å². The molecular weight excluding hydrogens is 506 g/mol. The van der Waals surface area contributed by atoms with Crippen molar-refractivity contribution in [3.63, 3.8) is 0 Å². The summed E-state index contributed by atoms with van der Waals surface area (Å²) in [4.78, 5) is 48.6. The quantitative estimate of drug-likeness (QED) is 0.213. The predicted octanol–water partition coefficient (Wildman–Crippen LogP) is 4.18. The summed E-state index contributed by atoms with van der Waals surface area (Å²) in [5.41, 5.74) is -1.88. The molecule has 1 N–H and O–H groups in total. The third-order valence-electron chi connectivity index (χ3n) is 9.81. The first-order valence-electron chi connectivity index (χ1n) is 15.6. The minimum Gasteiger partial charge on any atom is -0.394 e. The highest BCUT2D eigenvalue weighted by Gasteiger charge is 2.79. The Morgan fingerprint density at radius 3 is 2.23 bits per heavy atom. The zero-order valence-electron chi connectivity index (χ0n) is 25.6. The predicted molar refractivity (Wildman–Crippen MR) is 157 cm³/mol. The molecule has 0 aromatic heterocycles. The van der Waals surface area contributed by atoms with Crippen LogP contribution in [0.3, 0.4) is 0 Å². The number of hydrogen-bond donors (Lipinski definition) is 1. The van der Waals surface area contributed by atoms with Crippen LogP contribution >= 0.6 is 0 Å². The van der Waals surface area contributed by atoms with Crippen LogP contribution in [0.25, 0.3) is 0 Å². The molecule has 3 fully saturated rings. The van der Waals surface area contributed by atoms with E-state index in [1.54, 1.807) is 26.9 Å². The van der Waals surface area contributed by atoms with Crippen LogP contribution in [0.2, 0.25) is 0 Å². The second-order valence-corrected chi connectivity index (χ2v) is 12.1. The number of hydrogen-bond acceptors (Lipinski definition) is 5. The Morgan fingerprint density at radius 2 is 1.70 bits per heavy atom. The Hall–Kier alpha value is -2.19. The molecule has 0 aromatic carbocycles. The SMILES string of the molecule is C=CCN(CCCCC)C(=O)C1N([C@@H](CO)[C@@H](C)CC)C(=O)[C@@H]2[C@H](C(=O)N(CC=C)CCC)[C@]3(CC)CCC12O3. The van der Waals surface area contributed by atoms with Crippen LogP contribution in [0, 0.1) is 17.8 Å². The van der Waals surface area contributed by atoms with Crippen molar-refractivity contribution in [3.05, 3.63) is 25.3 Å². The molecule has 0 saturated carbocycles. The third kappa shape index (κ3) is 5.38. The largest absolute Gasteiger partial charge is 0.394 e. The molecule has 0 radical (unpaired) electrons. The van der Waals surface area contributed by atoms with Gasteiger partial charge in [0, 0.05) is 26.2 Å². The molecule has 226 valence electrons. The van der Waals surface area contributed by atoms with E-state index in [2.05, 4.69) is 20.1 Å². The molecule has 2 bridgehead atoms. The molecule has 3 amide bonds. The van der Waals surface area contributed by atoms with Crippen molar-refractivity contribution in [1.29, 1.82) is 0 Å². The summed E-state index contributed by atoms with van der Waals surface area (Å²) in [5.74, 6) is -1.94. The van der Waals surface area contributed by atoms with E-state index in [0.717, 1.165) is 32.1 Å². The summed E-state index contributed by atoms with van der Waals surface area (Å²) < 4.78 is 6.97. The molecule has 3 heterocycles. The van der Waals surface area contributed by atoms with E-state index in [9.17, 15) is 19.5 Å². The molecule has 2 unspecified atom stereocenters. The Balaban J connectivity index is 2.16. The molecule has 0 aliphatic carbocycles. The van der Waals surface area contributed by atoms with Crippen LogP contribution in [0.1, 0.15) is 86.0 Å². The van der Waals surface area contributed by atoms with E-state index in [1.807, 2.05) is 27.7 Å². The first kappa shape index (κ1) is 32.3. The van der Waals surface area contributed by atoms with Crippen molar-refractivity contribution in [2.75, 3.05) is 32.8 Å². The maximum Gasteiger partial charge on any atom is 0.248 e. The fourth-order valence-corrected chi connectivity index (χ4v) is 7.57. The number of fused-ring (bicyclic) bond motifs is 1. The van der Waals surface area contributed by atoms with E-state index >= 15 is 0 Å². The number of carbonyl (C=O) groups is 3. The highest BCUT2D eigenvalue weighted by atomic mass is 16.5. The summed E-state index contributed by atoms with van der Waals surface area (Å²) in [6, 6.07) is -1.42. The number of unbranched alkanes of at least 4 members (excludes halogenated alkanes) is 2. The standard InChI is InChI=1S/C32H53N3O5/c1-8-14-15-21-34(20-11-4)30(39)27-32-17-16-31(13-6,40-32)25(28(37)33(18-9-2)19-10-3)26(32)29(38)35(27)24(22-36)23(7)12-5/h9,11,23-27,36H,2,4,8,10,12-22H2,1,3,5-7H3/t23-,24-,25+,26-,27?,31-,32?/m0/s1. The van der Waals surface area contributed by atoms with Crippen molar-refractivity contribution < 1.29 is 24.2 Å². The lowest BCUT2D eigenvalue weighted by atomic mass is 9.64. The lowest BCUT2D eigenvalue weighted by molar-refractivity contribution is -0.159. The van der Waals surface area contributed by atoms with Crippen LogP contribution in [0.5, 0.6) is 0 Å². The molecule has 0 aromatic rings. The zero-order chi connectivity index (χ0) is 29.7. The minimum atomic E-state index is -1.10. The van der Waals surface area contributed by atoms with Gasteiger partial charge in [-0.15, -0.1) is 13.2 Å². The Kier molecular flexibility index (Phi) is 11.0. The maximum absolute atomic E-state index is 14.6. The van der Waals surface area contributed by atoms with Gasteiger partial charge in [-0.25, -0.2) is 0 Å². The monoisotopic (exact) mass is 559 g/mol. The smallest absolute Gasteiger partial charge is 0.248 e. The number of aliphatic hydroxyl groups is 1. The van der Waals surface area contributed by atoms with Crippen molar-refractivity contribution in [3.8, 4) is 0 Å². The Bertz CT molecular complexity index is 940. The van der Waals surface area contributed by atoms with Gasteiger partial charge in [0.1, 0.15) is 11.6 Å². The summed E-state index contributed by atoms with van der Waals surface area (Å²) in [6.45, 7) is 19.6. The number of likely N-dealkylation sites (tertiary alicyclic amines) is 1. The molecule has 3 saturated heterocycles. The maximum atomic E-state index is 14.6. The van der Waals surface area contributed by atoms with Crippen molar-refractivity contribution in [2.45, 2.75) is 109 Å². The summed E-state index contributed by atoms with van der Waals surface area (Å²) >= 11 is 0. The molecule has 8 nitrogen and oxygen atoms in total. The fourth-order valence-electron chi connectivity index (χ4n) is 7.57. The second kappa shape index (κ2) is 13.6. The average molecular weight is 560 g/mol. The number of aliphatic hydroxyl groups excluding tert-OH is 1. The first-order chi connectivity index (χ1) is 19.2. The van der Waals surface area contributed by atoms with Crippen molar-refractivity contribution in [1.82, 2.24) is 14.7 Å². The third-order valence-corrected chi connectivity index (χ3v) is 9.81.